The number of hydrogen-bond acceptors (Lipinski definition) is 7. The van der Waals surface area contributed by atoms with E-state index in [-0.39, 0.29) is 18.6 Å². The van der Waals surface area contributed by atoms with E-state index in [2.05, 4.69) is 6.92 Å². The number of ether oxygens (including phenoxy) is 2. The van der Waals surface area contributed by atoms with Gasteiger partial charge in [-0.3, -0.25) is 9.59 Å². The molecule has 1 aromatic carbocycles. The molecule has 2 N–H and O–H groups in total. The number of nitrogens with zero attached hydrogens (tertiary/aromatic N) is 2. The second-order valence-corrected chi connectivity index (χ2v) is 9.28. The fourth-order valence-corrected chi connectivity index (χ4v) is 5.06. The van der Waals surface area contributed by atoms with Gasteiger partial charge in [-0.1, -0.05) is 51.3 Å². The number of nitrogens with two attached hydrogens (primary N) is 1. The van der Waals surface area contributed by atoms with Crippen molar-refractivity contribution in [2.75, 3.05) is 0 Å². The minimum Gasteiger partial charge on any atom is -0.457 e. The van der Waals surface area contributed by atoms with Crippen LogP contribution >= 0.6 is 0 Å². The van der Waals surface area contributed by atoms with Gasteiger partial charge < -0.3 is 19.8 Å². The van der Waals surface area contributed by atoms with Crippen LogP contribution in [0, 0.1) is 0 Å². The minimum atomic E-state index is -1.72. The number of benzene rings is 1. The Hall–Kier alpha value is -3.52. The van der Waals surface area contributed by atoms with Crippen LogP contribution in [0.5, 0.6) is 0 Å². The molecule has 0 bridgehead atoms. The highest BCUT2D eigenvalue weighted by Gasteiger charge is 2.50. The van der Waals surface area contributed by atoms with Crippen LogP contribution in [-0.4, -0.2) is 27.5 Å². The summed E-state index contributed by atoms with van der Waals surface area (Å²) < 4.78 is 12.9. The van der Waals surface area contributed by atoms with E-state index >= 15 is 0 Å². The summed E-state index contributed by atoms with van der Waals surface area (Å²) in [7, 11) is 0. The summed E-state index contributed by atoms with van der Waals surface area (Å²) in [5.41, 5.74) is 7.81. The molecule has 5 rings (SSSR count). The summed E-state index contributed by atoms with van der Waals surface area (Å²) in [6, 6.07) is 10.7. The van der Waals surface area contributed by atoms with Gasteiger partial charge in [0, 0.05) is 16.5 Å². The van der Waals surface area contributed by atoms with E-state index in [9.17, 15) is 14.4 Å². The first kappa shape index (κ1) is 23.2. The Labute approximate surface area is 203 Å². The molecule has 2 atom stereocenters. The van der Waals surface area contributed by atoms with Crippen molar-refractivity contribution in [3.63, 3.8) is 0 Å². The quantitative estimate of drug-likeness (QED) is 0.321. The average molecular weight is 476 g/mol. The van der Waals surface area contributed by atoms with Crippen molar-refractivity contribution < 1.29 is 19.1 Å². The third-order valence-electron chi connectivity index (χ3n) is 7.08. The van der Waals surface area contributed by atoms with E-state index in [1.54, 1.807) is 17.6 Å². The molecule has 0 radical (unpaired) electrons. The van der Waals surface area contributed by atoms with E-state index in [4.69, 9.17) is 20.2 Å². The van der Waals surface area contributed by atoms with Gasteiger partial charge in [0.05, 0.1) is 29.0 Å². The fraction of sp³-hybridized carbons (Fsp3) is 0.407. The fourth-order valence-electron chi connectivity index (χ4n) is 5.06. The van der Waals surface area contributed by atoms with E-state index in [1.165, 1.54) is 0 Å². The number of unbranched alkanes of at least 4 members (excludes halogenated alkanes) is 2. The highest BCUT2D eigenvalue weighted by molar-refractivity contribution is 5.89. The molecule has 0 saturated heterocycles. The molecule has 0 unspecified atom stereocenters. The van der Waals surface area contributed by atoms with Gasteiger partial charge in [0.25, 0.3) is 5.56 Å². The number of carbonyl (C=O) groups is 2. The summed E-state index contributed by atoms with van der Waals surface area (Å²) in [5, 5.41) is 0.990. The zero-order chi connectivity index (χ0) is 24.7. The number of aromatic nitrogens is 2. The first-order valence-corrected chi connectivity index (χ1v) is 12.2. The molecule has 0 spiro atoms. The van der Waals surface area contributed by atoms with Gasteiger partial charge in [-0.2, -0.15) is 0 Å². The van der Waals surface area contributed by atoms with Crippen LogP contribution in [0.3, 0.4) is 0 Å². The lowest BCUT2D eigenvalue weighted by Crippen LogP contribution is -2.49. The third kappa shape index (κ3) is 3.72. The Kier molecular flexibility index (Phi) is 5.92. The van der Waals surface area contributed by atoms with Crippen molar-refractivity contribution in [3.8, 4) is 11.4 Å². The number of fused-ring (bicyclic) bond motifs is 5. The first-order valence-electron chi connectivity index (χ1n) is 12.2. The van der Waals surface area contributed by atoms with Crippen molar-refractivity contribution in [2.24, 2.45) is 5.73 Å². The van der Waals surface area contributed by atoms with Crippen molar-refractivity contribution in [1.82, 2.24) is 9.55 Å². The lowest BCUT2D eigenvalue weighted by molar-refractivity contribution is -0.190. The number of cyclic esters (lactones) is 1. The summed E-state index contributed by atoms with van der Waals surface area (Å²) in [5.74, 6) is -1.35. The number of pyridine rings is 2. The van der Waals surface area contributed by atoms with Crippen molar-refractivity contribution in [2.45, 2.75) is 70.7 Å². The highest BCUT2D eigenvalue weighted by atomic mass is 16.6. The predicted octanol–water partition coefficient (Wildman–Crippen LogP) is 3.54. The average Bonchev–Trinajstić information content (AvgIpc) is 3.22. The van der Waals surface area contributed by atoms with Crippen LogP contribution in [0.15, 0.2) is 41.2 Å². The molecule has 0 fully saturated rings. The van der Waals surface area contributed by atoms with Gasteiger partial charge >= 0.3 is 11.9 Å². The normalized spacial score (nSPS) is 19.0. The molecule has 0 saturated carbocycles. The van der Waals surface area contributed by atoms with Gasteiger partial charge in [-0.25, -0.2) is 9.78 Å². The molecule has 8 nitrogen and oxygen atoms in total. The van der Waals surface area contributed by atoms with Crippen LogP contribution in [-0.2, 0) is 37.8 Å². The Morgan fingerprint density at radius 3 is 2.80 bits per heavy atom. The monoisotopic (exact) mass is 475 g/mol. The lowest BCUT2D eigenvalue weighted by Gasteiger charge is -2.36. The van der Waals surface area contributed by atoms with E-state index in [0.717, 1.165) is 35.7 Å². The lowest BCUT2D eigenvalue weighted by atomic mass is 9.85. The largest absolute Gasteiger partial charge is 0.457 e. The van der Waals surface area contributed by atoms with Crippen molar-refractivity contribution in [3.05, 3.63) is 63.4 Å². The molecule has 3 aromatic rings. The van der Waals surface area contributed by atoms with Gasteiger partial charge in [-0.05, 0) is 31.0 Å². The second kappa shape index (κ2) is 8.92. The van der Waals surface area contributed by atoms with Crippen LogP contribution in [0.2, 0.25) is 0 Å². The molecular formula is C27H29N3O5. The molecular weight excluding hydrogens is 446 g/mol. The van der Waals surface area contributed by atoms with Gasteiger partial charge in [-0.15, -0.1) is 0 Å². The third-order valence-corrected chi connectivity index (χ3v) is 7.08. The molecule has 0 amide bonds. The second-order valence-electron chi connectivity index (χ2n) is 9.28. The Bertz CT molecular complexity index is 1400. The zero-order valence-electron chi connectivity index (χ0n) is 20.0. The number of rotatable bonds is 7. The number of carbonyl (C=O) groups excluding carboxylic acids is 2. The number of para-hydroxylation sites is 1. The van der Waals surface area contributed by atoms with Gasteiger partial charge in [0.15, 0.2) is 0 Å². The van der Waals surface area contributed by atoms with Crippen LogP contribution in [0.1, 0.15) is 62.6 Å². The molecule has 182 valence electrons. The maximum Gasteiger partial charge on any atom is 0.355 e. The summed E-state index contributed by atoms with van der Waals surface area (Å²) in [4.78, 5) is 44.4. The molecule has 2 aliphatic rings. The maximum atomic E-state index is 13.6. The standard InChI is InChI=1S/C27H29N3O5/c1-3-5-6-10-20(28)25(32)35-27(4-2)19-13-22-23-17(12-16-9-7-8-11-21(16)29-23)14-30(22)24(31)18(19)15-34-26(27)33/h7-9,11-13,20H,3-6,10,14-15,28H2,1-2H3/t20-,27-/m0/s1. The summed E-state index contributed by atoms with van der Waals surface area (Å²) in [6.07, 6.45) is 3.33. The molecule has 2 aromatic heterocycles. The highest BCUT2D eigenvalue weighted by Crippen LogP contribution is 2.41. The predicted molar refractivity (Wildman–Crippen MR) is 131 cm³/mol. The Morgan fingerprint density at radius 1 is 1.23 bits per heavy atom. The van der Waals surface area contributed by atoms with E-state index in [1.807, 2.05) is 30.3 Å². The Morgan fingerprint density at radius 2 is 2.03 bits per heavy atom. The summed E-state index contributed by atoms with van der Waals surface area (Å²) in [6.45, 7) is 4.01. The minimum absolute atomic E-state index is 0.118. The van der Waals surface area contributed by atoms with Gasteiger partial charge in [0.1, 0.15) is 12.6 Å². The molecule has 2 aliphatic heterocycles. The molecule has 8 heteroatoms. The van der Waals surface area contributed by atoms with Crippen LogP contribution in [0.4, 0.5) is 0 Å². The SMILES string of the molecule is CCCCC[C@H](N)C(=O)O[C@]1(CC)C(=O)OCc2c1cc1n(c2=O)Cc2cc3ccccc3nc2-1. The van der Waals surface area contributed by atoms with Crippen molar-refractivity contribution >= 4 is 22.8 Å². The summed E-state index contributed by atoms with van der Waals surface area (Å²) >= 11 is 0. The molecule has 0 aliphatic carbocycles. The molecule has 4 heterocycles. The van der Waals surface area contributed by atoms with Gasteiger partial charge in [0.2, 0.25) is 5.60 Å². The first-order chi connectivity index (χ1) is 16.9. The smallest absolute Gasteiger partial charge is 0.355 e. The Balaban J connectivity index is 1.60. The number of esters is 2. The zero-order valence-corrected chi connectivity index (χ0v) is 20.0. The van der Waals surface area contributed by atoms with Crippen LogP contribution in [0.25, 0.3) is 22.3 Å². The topological polar surface area (TPSA) is 114 Å². The van der Waals surface area contributed by atoms with E-state index in [0.29, 0.717) is 35.5 Å². The van der Waals surface area contributed by atoms with Crippen molar-refractivity contribution in [1.29, 1.82) is 0 Å². The number of hydrogen-bond donors (Lipinski definition) is 1. The maximum absolute atomic E-state index is 13.6. The van der Waals surface area contributed by atoms with Crippen LogP contribution < -0.4 is 11.3 Å². The van der Waals surface area contributed by atoms with E-state index < -0.39 is 23.6 Å². The molecule has 35 heavy (non-hydrogen) atoms.